The van der Waals surface area contributed by atoms with Gasteiger partial charge in [0.25, 0.3) is 0 Å². The van der Waals surface area contributed by atoms with Crippen molar-refractivity contribution in [3.05, 3.63) is 53.4 Å². The van der Waals surface area contributed by atoms with Gasteiger partial charge in [0.2, 0.25) is 5.91 Å². The van der Waals surface area contributed by atoms with E-state index in [0.29, 0.717) is 13.0 Å². The number of hydrogen-bond donors (Lipinski definition) is 3. The van der Waals surface area contributed by atoms with E-state index < -0.39 is 6.04 Å². The molecule has 5 nitrogen and oxygen atoms in total. The highest BCUT2D eigenvalue weighted by molar-refractivity contribution is 5.83. The molecule has 1 aromatic carbocycles. The van der Waals surface area contributed by atoms with Crippen molar-refractivity contribution >= 4 is 5.91 Å². The number of amides is 1. The van der Waals surface area contributed by atoms with Crippen LogP contribution in [-0.4, -0.2) is 29.0 Å². The third-order valence-electron chi connectivity index (χ3n) is 3.64. The molecule has 3 rings (SSSR count). The molecule has 0 bridgehead atoms. The lowest BCUT2D eigenvalue weighted by Crippen LogP contribution is -2.42. The Morgan fingerprint density at radius 3 is 3.00 bits per heavy atom. The van der Waals surface area contributed by atoms with Gasteiger partial charge in [0.15, 0.2) is 0 Å². The fourth-order valence-corrected chi connectivity index (χ4v) is 2.52. The molecule has 2 aromatic rings. The van der Waals surface area contributed by atoms with Crippen molar-refractivity contribution in [3.63, 3.8) is 0 Å². The molecule has 3 N–H and O–H groups in total. The summed E-state index contributed by atoms with van der Waals surface area (Å²) in [7, 11) is 0. The number of carbonyl (C=O) groups is 1. The Labute approximate surface area is 122 Å². The monoisotopic (exact) mass is 288 g/mol. The summed E-state index contributed by atoms with van der Waals surface area (Å²) in [4.78, 5) is 19.5. The number of nitrogens with one attached hydrogen (secondary N) is 3. The Kier molecular flexibility index (Phi) is 3.96. The van der Waals surface area contributed by atoms with Gasteiger partial charge < -0.3 is 15.6 Å². The standard InChI is InChI=1S/C15H17FN4O/c16-11-3-1-10(2-4-11)5-7-18-15(21)14-13-12(6-8-17-14)19-9-20-13/h1-4,9,14,17H,5-8H2,(H,18,21)(H,19,20)/t14-/m1/s1. The summed E-state index contributed by atoms with van der Waals surface area (Å²) in [6.45, 7) is 1.27. The number of nitrogens with zero attached hydrogens (tertiary/aromatic N) is 1. The molecule has 2 heterocycles. The molecule has 1 aliphatic heterocycles. The molecule has 6 heteroatoms. The maximum atomic E-state index is 12.8. The van der Waals surface area contributed by atoms with Crippen LogP contribution in [0.4, 0.5) is 4.39 Å². The minimum atomic E-state index is -0.395. The summed E-state index contributed by atoms with van der Waals surface area (Å²) in [6.07, 6.45) is 3.15. The Morgan fingerprint density at radius 2 is 2.19 bits per heavy atom. The van der Waals surface area contributed by atoms with E-state index in [9.17, 15) is 9.18 Å². The fourth-order valence-electron chi connectivity index (χ4n) is 2.52. The maximum absolute atomic E-state index is 12.8. The molecule has 1 aromatic heterocycles. The summed E-state index contributed by atoms with van der Waals surface area (Å²) >= 11 is 0. The van der Waals surface area contributed by atoms with Gasteiger partial charge in [-0.2, -0.15) is 0 Å². The molecular weight excluding hydrogens is 271 g/mol. The maximum Gasteiger partial charge on any atom is 0.243 e. The van der Waals surface area contributed by atoms with E-state index >= 15 is 0 Å². The third-order valence-corrected chi connectivity index (χ3v) is 3.64. The van der Waals surface area contributed by atoms with Crippen LogP contribution in [0.5, 0.6) is 0 Å². The van der Waals surface area contributed by atoms with Crippen LogP contribution < -0.4 is 10.6 Å². The van der Waals surface area contributed by atoms with Crippen molar-refractivity contribution in [1.29, 1.82) is 0 Å². The second-order valence-electron chi connectivity index (χ2n) is 5.07. The first-order chi connectivity index (χ1) is 10.2. The Hall–Kier alpha value is -2.21. The van der Waals surface area contributed by atoms with Crippen molar-refractivity contribution in [2.45, 2.75) is 18.9 Å². The van der Waals surface area contributed by atoms with E-state index in [1.54, 1.807) is 18.5 Å². The number of aromatic nitrogens is 2. The van der Waals surface area contributed by atoms with Crippen LogP contribution >= 0.6 is 0 Å². The molecule has 1 amide bonds. The van der Waals surface area contributed by atoms with E-state index in [1.165, 1.54) is 12.1 Å². The van der Waals surface area contributed by atoms with Crippen LogP contribution in [0, 0.1) is 5.82 Å². The molecule has 0 fully saturated rings. The summed E-state index contributed by atoms with van der Waals surface area (Å²) < 4.78 is 12.8. The first-order valence-electron chi connectivity index (χ1n) is 7.02. The van der Waals surface area contributed by atoms with Gasteiger partial charge in [-0.05, 0) is 24.1 Å². The second kappa shape index (κ2) is 6.05. The van der Waals surface area contributed by atoms with Crippen LogP contribution in [-0.2, 0) is 17.6 Å². The van der Waals surface area contributed by atoms with E-state index in [-0.39, 0.29) is 11.7 Å². The molecule has 0 aliphatic carbocycles. The molecule has 1 atom stereocenters. The Balaban J connectivity index is 1.54. The van der Waals surface area contributed by atoms with E-state index in [1.807, 2.05) is 0 Å². The first kappa shape index (κ1) is 13.8. The van der Waals surface area contributed by atoms with Gasteiger partial charge in [-0.25, -0.2) is 9.37 Å². The zero-order valence-electron chi connectivity index (χ0n) is 11.5. The quantitative estimate of drug-likeness (QED) is 0.789. The van der Waals surface area contributed by atoms with Gasteiger partial charge in [-0.15, -0.1) is 0 Å². The number of carbonyl (C=O) groups excluding carboxylic acids is 1. The molecule has 0 unspecified atom stereocenters. The Morgan fingerprint density at radius 1 is 1.38 bits per heavy atom. The zero-order valence-corrected chi connectivity index (χ0v) is 11.5. The highest BCUT2D eigenvalue weighted by atomic mass is 19.1. The number of imidazole rings is 1. The summed E-state index contributed by atoms with van der Waals surface area (Å²) in [5.41, 5.74) is 2.79. The van der Waals surface area contributed by atoms with Crippen molar-refractivity contribution < 1.29 is 9.18 Å². The molecule has 1 aliphatic rings. The van der Waals surface area contributed by atoms with Crippen LogP contribution in [0.15, 0.2) is 30.6 Å². The van der Waals surface area contributed by atoms with Crippen molar-refractivity contribution in [2.75, 3.05) is 13.1 Å². The van der Waals surface area contributed by atoms with Gasteiger partial charge in [0, 0.05) is 25.2 Å². The fraction of sp³-hybridized carbons (Fsp3) is 0.333. The average Bonchev–Trinajstić information content (AvgIpc) is 2.97. The summed E-state index contributed by atoms with van der Waals surface area (Å²) in [5, 5.41) is 6.07. The van der Waals surface area contributed by atoms with Gasteiger partial charge in [-0.1, -0.05) is 12.1 Å². The number of aromatic amines is 1. The van der Waals surface area contributed by atoms with Gasteiger partial charge >= 0.3 is 0 Å². The van der Waals surface area contributed by atoms with E-state index in [0.717, 1.165) is 29.9 Å². The minimum Gasteiger partial charge on any atom is -0.354 e. The number of fused-ring (bicyclic) bond motifs is 1. The molecule has 110 valence electrons. The normalized spacial score (nSPS) is 17.3. The third kappa shape index (κ3) is 3.11. The van der Waals surface area contributed by atoms with Crippen molar-refractivity contribution in [1.82, 2.24) is 20.6 Å². The SMILES string of the molecule is O=C(NCCc1ccc(F)cc1)[C@@H]1NCCc2[nH]cnc21. The van der Waals surface area contributed by atoms with Gasteiger partial charge in [0.05, 0.1) is 12.0 Å². The predicted molar refractivity (Wildman–Crippen MR) is 76.1 cm³/mol. The lowest BCUT2D eigenvalue weighted by molar-refractivity contribution is -0.123. The predicted octanol–water partition coefficient (Wildman–Crippen LogP) is 1.09. The lowest BCUT2D eigenvalue weighted by Gasteiger charge is -2.22. The lowest BCUT2D eigenvalue weighted by atomic mass is 10.0. The molecule has 0 spiro atoms. The second-order valence-corrected chi connectivity index (χ2v) is 5.07. The number of H-pyrrole nitrogens is 1. The Bertz CT molecular complexity index is 623. The van der Waals surface area contributed by atoms with Crippen molar-refractivity contribution in [3.8, 4) is 0 Å². The molecule has 0 radical (unpaired) electrons. The number of benzene rings is 1. The molecule has 0 saturated carbocycles. The largest absolute Gasteiger partial charge is 0.354 e. The molecule has 21 heavy (non-hydrogen) atoms. The van der Waals surface area contributed by atoms with Gasteiger partial charge in [0.1, 0.15) is 11.9 Å². The first-order valence-corrected chi connectivity index (χ1v) is 7.02. The smallest absolute Gasteiger partial charge is 0.243 e. The highest BCUT2D eigenvalue weighted by Gasteiger charge is 2.27. The average molecular weight is 288 g/mol. The molecule has 0 saturated heterocycles. The van der Waals surface area contributed by atoms with Crippen molar-refractivity contribution in [2.24, 2.45) is 0 Å². The van der Waals surface area contributed by atoms with E-state index in [4.69, 9.17) is 0 Å². The number of rotatable bonds is 4. The van der Waals surface area contributed by atoms with Crippen LogP contribution in [0.2, 0.25) is 0 Å². The topological polar surface area (TPSA) is 69.8 Å². The minimum absolute atomic E-state index is 0.0786. The van der Waals surface area contributed by atoms with Crippen LogP contribution in [0.1, 0.15) is 23.0 Å². The van der Waals surface area contributed by atoms with Crippen LogP contribution in [0.3, 0.4) is 0 Å². The van der Waals surface area contributed by atoms with Gasteiger partial charge in [-0.3, -0.25) is 4.79 Å². The van der Waals surface area contributed by atoms with E-state index in [2.05, 4.69) is 20.6 Å². The number of halogens is 1. The zero-order chi connectivity index (χ0) is 14.7. The highest BCUT2D eigenvalue weighted by Crippen LogP contribution is 2.19. The van der Waals surface area contributed by atoms with Crippen LogP contribution in [0.25, 0.3) is 0 Å². The molecular formula is C15H17FN4O. The number of hydrogen-bond acceptors (Lipinski definition) is 3. The summed E-state index contributed by atoms with van der Waals surface area (Å²) in [6, 6.07) is 5.91. The summed E-state index contributed by atoms with van der Waals surface area (Å²) in [5.74, 6) is -0.328.